The number of halogens is 1. The standard InChI is InChI=1S/C18H26N2O2.ClH/c1-11(2)14-8-15-13(9-22-16(15)6-12(14)3)7-17(21)20-10-18(4,5)19;/h6,8-9,11H,7,10,19H2,1-5H3,(H,20,21);1H. The zero-order valence-corrected chi connectivity index (χ0v) is 15.3. The Hall–Kier alpha value is -1.52. The summed E-state index contributed by atoms with van der Waals surface area (Å²) >= 11 is 0. The number of rotatable bonds is 5. The van der Waals surface area contributed by atoms with Gasteiger partial charge in [-0.3, -0.25) is 4.79 Å². The van der Waals surface area contributed by atoms with Gasteiger partial charge in [-0.15, -0.1) is 12.4 Å². The number of hydrogen-bond donors (Lipinski definition) is 2. The second-order valence-corrected chi connectivity index (χ2v) is 7.06. The van der Waals surface area contributed by atoms with E-state index in [2.05, 4.69) is 38.2 Å². The van der Waals surface area contributed by atoms with E-state index < -0.39 is 5.54 Å². The molecule has 3 N–H and O–H groups in total. The molecule has 1 aromatic carbocycles. The van der Waals surface area contributed by atoms with E-state index in [1.807, 2.05) is 13.8 Å². The van der Waals surface area contributed by atoms with Crippen LogP contribution in [0.4, 0.5) is 0 Å². The largest absolute Gasteiger partial charge is 0.464 e. The van der Waals surface area contributed by atoms with E-state index in [-0.39, 0.29) is 18.3 Å². The zero-order valence-electron chi connectivity index (χ0n) is 14.5. The summed E-state index contributed by atoms with van der Waals surface area (Å²) in [6.45, 7) is 10.7. The molecule has 4 nitrogen and oxygen atoms in total. The Kier molecular flexibility index (Phi) is 6.25. The third-order valence-electron chi connectivity index (χ3n) is 3.76. The Bertz CT molecular complexity index is 684. The highest BCUT2D eigenvalue weighted by atomic mass is 35.5. The molecule has 0 saturated carbocycles. The first-order valence-electron chi connectivity index (χ1n) is 7.73. The lowest BCUT2D eigenvalue weighted by Crippen LogP contribution is -2.45. The molecule has 0 radical (unpaired) electrons. The van der Waals surface area contributed by atoms with Crippen molar-refractivity contribution in [2.75, 3.05) is 6.54 Å². The quantitative estimate of drug-likeness (QED) is 0.873. The summed E-state index contributed by atoms with van der Waals surface area (Å²) in [6.07, 6.45) is 1.99. The number of fused-ring (bicyclic) bond motifs is 1. The Labute approximate surface area is 144 Å². The van der Waals surface area contributed by atoms with E-state index >= 15 is 0 Å². The van der Waals surface area contributed by atoms with Crippen LogP contribution in [0.2, 0.25) is 0 Å². The lowest BCUT2D eigenvalue weighted by atomic mass is 9.95. The van der Waals surface area contributed by atoms with Crippen molar-refractivity contribution in [3.8, 4) is 0 Å². The van der Waals surface area contributed by atoms with Crippen LogP contribution >= 0.6 is 12.4 Å². The van der Waals surface area contributed by atoms with Gasteiger partial charge >= 0.3 is 0 Å². The molecule has 0 aliphatic heterocycles. The minimum absolute atomic E-state index is 0. The predicted molar refractivity (Wildman–Crippen MR) is 97.3 cm³/mol. The molecule has 2 aromatic rings. The van der Waals surface area contributed by atoms with Gasteiger partial charge in [0, 0.05) is 23.0 Å². The third kappa shape index (κ3) is 4.98. The maximum Gasteiger partial charge on any atom is 0.224 e. The van der Waals surface area contributed by atoms with Crippen molar-refractivity contribution in [3.05, 3.63) is 35.1 Å². The van der Waals surface area contributed by atoms with Crippen molar-refractivity contribution < 1.29 is 9.21 Å². The van der Waals surface area contributed by atoms with Gasteiger partial charge in [-0.2, -0.15) is 0 Å². The Morgan fingerprint density at radius 1 is 1.35 bits per heavy atom. The SMILES string of the molecule is Cc1cc2occ(CC(=O)NCC(C)(C)N)c2cc1C(C)C.Cl. The molecular formula is C18H27ClN2O2. The van der Waals surface area contributed by atoms with Crippen LogP contribution in [0.5, 0.6) is 0 Å². The summed E-state index contributed by atoms with van der Waals surface area (Å²) < 4.78 is 5.61. The van der Waals surface area contributed by atoms with Crippen LogP contribution in [-0.4, -0.2) is 18.0 Å². The first-order valence-corrected chi connectivity index (χ1v) is 7.73. The molecule has 0 saturated heterocycles. The summed E-state index contributed by atoms with van der Waals surface area (Å²) in [4.78, 5) is 12.1. The zero-order chi connectivity index (χ0) is 16.5. The molecule has 1 heterocycles. The van der Waals surface area contributed by atoms with E-state index in [0.717, 1.165) is 16.5 Å². The minimum atomic E-state index is -0.407. The summed E-state index contributed by atoms with van der Waals surface area (Å²) in [5.41, 5.74) is 9.75. The Morgan fingerprint density at radius 2 is 2.00 bits per heavy atom. The minimum Gasteiger partial charge on any atom is -0.464 e. The van der Waals surface area contributed by atoms with Gasteiger partial charge in [0.1, 0.15) is 5.58 Å². The van der Waals surface area contributed by atoms with Gasteiger partial charge in [-0.1, -0.05) is 13.8 Å². The molecule has 0 atom stereocenters. The van der Waals surface area contributed by atoms with Gasteiger partial charge in [0.15, 0.2) is 0 Å². The normalized spacial score (nSPS) is 11.6. The van der Waals surface area contributed by atoms with Gasteiger partial charge in [-0.25, -0.2) is 0 Å². The van der Waals surface area contributed by atoms with Crippen molar-refractivity contribution in [1.82, 2.24) is 5.32 Å². The number of furan rings is 1. The van der Waals surface area contributed by atoms with Gasteiger partial charge in [0.05, 0.1) is 12.7 Å². The monoisotopic (exact) mass is 338 g/mol. The van der Waals surface area contributed by atoms with Crippen LogP contribution in [0.15, 0.2) is 22.8 Å². The fraction of sp³-hybridized carbons (Fsp3) is 0.500. The van der Waals surface area contributed by atoms with Gasteiger partial charge in [0.25, 0.3) is 0 Å². The fourth-order valence-electron chi connectivity index (χ4n) is 2.57. The van der Waals surface area contributed by atoms with E-state index in [4.69, 9.17) is 10.2 Å². The van der Waals surface area contributed by atoms with E-state index in [1.54, 1.807) is 6.26 Å². The molecule has 0 spiro atoms. The number of hydrogen-bond acceptors (Lipinski definition) is 3. The van der Waals surface area contributed by atoms with Crippen LogP contribution in [-0.2, 0) is 11.2 Å². The Balaban J connectivity index is 0.00000264. The van der Waals surface area contributed by atoms with Crippen LogP contribution in [0, 0.1) is 6.92 Å². The van der Waals surface area contributed by atoms with Crippen molar-refractivity contribution in [2.24, 2.45) is 5.73 Å². The summed E-state index contributed by atoms with van der Waals surface area (Å²) in [5, 5.41) is 3.89. The van der Waals surface area contributed by atoms with Crippen LogP contribution in [0.1, 0.15) is 50.3 Å². The number of amides is 1. The number of benzene rings is 1. The Morgan fingerprint density at radius 3 is 2.57 bits per heavy atom. The van der Waals surface area contributed by atoms with Crippen molar-refractivity contribution in [1.29, 1.82) is 0 Å². The lowest BCUT2D eigenvalue weighted by Gasteiger charge is -2.18. The molecule has 5 heteroatoms. The molecule has 0 fully saturated rings. The topological polar surface area (TPSA) is 68.3 Å². The molecule has 128 valence electrons. The molecule has 2 rings (SSSR count). The molecular weight excluding hydrogens is 312 g/mol. The molecule has 0 unspecified atom stereocenters. The molecule has 0 aliphatic rings. The second kappa shape index (κ2) is 7.37. The number of nitrogens with two attached hydrogens (primary N) is 1. The third-order valence-corrected chi connectivity index (χ3v) is 3.76. The highest BCUT2D eigenvalue weighted by molar-refractivity contribution is 5.88. The average molecular weight is 339 g/mol. The number of aryl methyl sites for hydroxylation is 1. The maximum absolute atomic E-state index is 12.1. The maximum atomic E-state index is 12.1. The molecule has 0 aliphatic carbocycles. The fourth-order valence-corrected chi connectivity index (χ4v) is 2.57. The highest BCUT2D eigenvalue weighted by Crippen LogP contribution is 2.29. The number of nitrogens with one attached hydrogen (secondary N) is 1. The number of carbonyl (C=O) groups is 1. The van der Waals surface area contributed by atoms with Crippen LogP contribution in [0.25, 0.3) is 11.0 Å². The highest BCUT2D eigenvalue weighted by Gasteiger charge is 2.16. The summed E-state index contributed by atoms with van der Waals surface area (Å²) in [5.74, 6) is 0.409. The first-order chi connectivity index (χ1) is 10.2. The predicted octanol–water partition coefficient (Wildman–Crippen LogP) is 3.68. The van der Waals surface area contributed by atoms with Gasteiger partial charge < -0.3 is 15.5 Å². The van der Waals surface area contributed by atoms with Crippen molar-refractivity contribution >= 4 is 29.3 Å². The average Bonchev–Trinajstić information content (AvgIpc) is 2.76. The van der Waals surface area contributed by atoms with Gasteiger partial charge in [-0.05, 0) is 49.9 Å². The first kappa shape index (κ1) is 19.5. The summed E-state index contributed by atoms with van der Waals surface area (Å²) in [6, 6.07) is 4.20. The summed E-state index contributed by atoms with van der Waals surface area (Å²) in [7, 11) is 0. The van der Waals surface area contributed by atoms with Crippen molar-refractivity contribution in [2.45, 2.75) is 52.5 Å². The smallest absolute Gasteiger partial charge is 0.224 e. The van der Waals surface area contributed by atoms with E-state index in [9.17, 15) is 4.79 Å². The van der Waals surface area contributed by atoms with Gasteiger partial charge in [0.2, 0.25) is 5.91 Å². The molecule has 23 heavy (non-hydrogen) atoms. The molecule has 1 amide bonds. The van der Waals surface area contributed by atoms with E-state index in [0.29, 0.717) is 18.9 Å². The lowest BCUT2D eigenvalue weighted by molar-refractivity contribution is -0.120. The molecule has 1 aromatic heterocycles. The van der Waals surface area contributed by atoms with E-state index in [1.165, 1.54) is 11.1 Å². The van der Waals surface area contributed by atoms with Crippen molar-refractivity contribution in [3.63, 3.8) is 0 Å². The van der Waals surface area contributed by atoms with Crippen LogP contribution in [0.3, 0.4) is 0 Å². The molecule has 0 bridgehead atoms. The van der Waals surface area contributed by atoms with Crippen LogP contribution < -0.4 is 11.1 Å². The second-order valence-electron chi connectivity index (χ2n) is 7.06. The number of carbonyl (C=O) groups excluding carboxylic acids is 1.